The molecule has 0 aliphatic heterocycles. The summed E-state index contributed by atoms with van der Waals surface area (Å²) in [7, 11) is 4.86. The summed E-state index contributed by atoms with van der Waals surface area (Å²) in [5, 5.41) is 9.74. The zero-order valence-electron chi connectivity index (χ0n) is 9.85. The number of aryl methyl sites for hydroxylation is 1. The van der Waals surface area contributed by atoms with E-state index in [1.54, 1.807) is 37.1 Å². The molecule has 0 bridgehead atoms. The molecule has 1 heterocycles. The van der Waals surface area contributed by atoms with Gasteiger partial charge in [-0.3, -0.25) is 0 Å². The monoisotopic (exact) mass is 235 g/mol. The first-order valence-corrected chi connectivity index (χ1v) is 5.02. The van der Waals surface area contributed by atoms with Gasteiger partial charge in [0.15, 0.2) is 0 Å². The Morgan fingerprint density at radius 3 is 2.53 bits per heavy atom. The van der Waals surface area contributed by atoms with E-state index in [1.165, 1.54) is 7.11 Å². The lowest BCUT2D eigenvalue weighted by molar-refractivity contribution is 0.0699. The second-order valence-corrected chi connectivity index (χ2v) is 3.68. The molecule has 1 aromatic carbocycles. The summed E-state index contributed by atoms with van der Waals surface area (Å²) in [6.45, 7) is 0. The van der Waals surface area contributed by atoms with Crippen molar-refractivity contribution in [2.24, 2.45) is 7.05 Å². The molecule has 0 amide bonds. The molecule has 2 rings (SSSR count). The highest BCUT2D eigenvalue weighted by molar-refractivity contribution is 6.05. The zero-order valence-corrected chi connectivity index (χ0v) is 9.85. The second kappa shape index (κ2) is 4.01. The van der Waals surface area contributed by atoms with Crippen LogP contribution in [0.3, 0.4) is 0 Å². The van der Waals surface area contributed by atoms with E-state index in [0.29, 0.717) is 16.9 Å². The van der Waals surface area contributed by atoms with Crippen LogP contribution in [-0.4, -0.2) is 29.9 Å². The van der Waals surface area contributed by atoms with Crippen LogP contribution in [0.5, 0.6) is 11.5 Å². The molecule has 90 valence electrons. The van der Waals surface area contributed by atoms with Gasteiger partial charge in [0.1, 0.15) is 11.5 Å². The summed E-state index contributed by atoms with van der Waals surface area (Å²) in [6, 6.07) is 3.43. The number of aromatic nitrogens is 1. The molecule has 0 spiro atoms. The van der Waals surface area contributed by atoms with Crippen molar-refractivity contribution in [3.05, 3.63) is 23.9 Å². The number of carboxylic acid groups (broad SMARTS) is 1. The van der Waals surface area contributed by atoms with Crippen molar-refractivity contribution in [1.29, 1.82) is 0 Å². The maximum absolute atomic E-state index is 11.1. The standard InChI is InChI=1S/C12H13NO4/c1-13-6-9(12(14)15)8-4-7(16-2)5-10(17-3)11(8)13/h4-6H,1-3H3,(H,14,15). The number of fused-ring (bicyclic) bond motifs is 1. The second-order valence-electron chi connectivity index (χ2n) is 3.68. The van der Waals surface area contributed by atoms with Crippen LogP contribution in [0.4, 0.5) is 0 Å². The molecule has 5 nitrogen and oxygen atoms in total. The minimum absolute atomic E-state index is 0.236. The van der Waals surface area contributed by atoms with Gasteiger partial charge in [-0.15, -0.1) is 0 Å². The third-order valence-electron chi connectivity index (χ3n) is 2.70. The van der Waals surface area contributed by atoms with Gasteiger partial charge in [0.05, 0.1) is 25.3 Å². The lowest BCUT2D eigenvalue weighted by Crippen LogP contribution is -1.94. The molecule has 0 saturated heterocycles. The van der Waals surface area contributed by atoms with Crippen molar-refractivity contribution in [2.45, 2.75) is 0 Å². The van der Waals surface area contributed by atoms with Gasteiger partial charge < -0.3 is 19.1 Å². The summed E-state index contributed by atoms with van der Waals surface area (Å²) < 4.78 is 12.1. The summed E-state index contributed by atoms with van der Waals surface area (Å²) in [5.74, 6) is 0.198. The predicted molar refractivity (Wildman–Crippen MR) is 63.0 cm³/mol. The predicted octanol–water partition coefficient (Wildman–Crippen LogP) is 1.89. The Bertz CT molecular complexity index is 586. The SMILES string of the molecule is COc1cc(OC)c2c(c1)c(C(=O)O)cn2C. The van der Waals surface area contributed by atoms with Crippen LogP contribution in [0.25, 0.3) is 10.9 Å². The van der Waals surface area contributed by atoms with Crippen molar-refractivity contribution in [3.8, 4) is 11.5 Å². The summed E-state index contributed by atoms with van der Waals surface area (Å²) in [5.41, 5.74) is 0.977. The van der Waals surface area contributed by atoms with Crippen molar-refractivity contribution < 1.29 is 19.4 Å². The normalized spacial score (nSPS) is 10.5. The van der Waals surface area contributed by atoms with Gasteiger partial charge >= 0.3 is 5.97 Å². The summed E-state index contributed by atoms with van der Waals surface area (Å²) >= 11 is 0. The molecule has 1 N–H and O–H groups in total. The van der Waals surface area contributed by atoms with Crippen molar-refractivity contribution in [3.63, 3.8) is 0 Å². The highest BCUT2D eigenvalue weighted by atomic mass is 16.5. The number of carbonyl (C=O) groups is 1. The minimum Gasteiger partial charge on any atom is -0.497 e. The quantitative estimate of drug-likeness (QED) is 0.882. The average molecular weight is 235 g/mol. The number of rotatable bonds is 3. The molecule has 17 heavy (non-hydrogen) atoms. The van der Waals surface area contributed by atoms with E-state index in [1.807, 2.05) is 0 Å². The molecule has 5 heteroatoms. The fraction of sp³-hybridized carbons (Fsp3) is 0.250. The molecule has 0 unspecified atom stereocenters. The van der Waals surface area contributed by atoms with Crippen LogP contribution >= 0.6 is 0 Å². The van der Waals surface area contributed by atoms with Gasteiger partial charge in [0.25, 0.3) is 0 Å². The number of aromatic carboxylic acids is 1. The number of methoxy groups -OCH3 is 2. The van der Waals surface area contributed by atoms with Crippen molar-refractivity contribution >= 4 is 16.9 Å². The van der Waals surface area contributed by atoms with E-state index in [0.717, 1.165) is 5.52 Å². The molecule has 1 aromatic heterocycles. The molecule has 0 aliphatic rings. The number of nitrogens with zero attached hydrogens (tertiary/aromatic N) is 1. The third-order valence-corrected chi connectivity index (χ3v) is 2.70. The van der Waals surface area contributed by atoms with Crippen LogP contribution in [-0.2, 0) is 7.05 Å². The molecule has 0 fully saturated rings. The molecule has 0 atom stereocenters. The Labute approximate surface area is 98.2 Å². The fourth-order valence-electron chi connectivity index (χ4n) is 1.92. The Morgan fingerprint density at radius 2 is 2.00 bits per heavy atom. The third kappa shape index (κ3) is 1.69. The Kier molecular flexibility index (Phi) is 2.67. The number of benzene rings is 1. The van der Waals surface area contributed by atoms with Gasteiger partial charge in [0.2, 0.25) is 0 Å². The lowest BCUT2D eigenvalue weighted by Gasteiger charge is -2.07. The van der Waals surface area contributed by atoms with E-state index >= 15 is 0 Å². The number of hydrogen-bond acceptors (Lipinski definition) is 3. The van der Waals surface area contributed by atoms with E-state index < -0.39 is 5.97 Å². The first-order chi connectivity index (χ1) is 8.08. The Hall–Kier alpha value is -2.17. The van der Waals surface area contributed by atoms with Crippen LogP contribution < -0.4 is 9.47 Å². The molecule has 0 saturated carbocycles. The van der Waals surface area contributed by atoms with Crippen LogP contribution in [0.1, 0.15) is 10.4 Å². The molecule has 2 aromatic rings. The highest BCUT2D eigenvalue weighted by Crippen LogP contribution is 2.33. The van der Waals surface area contributed by atoms with Gasteiger partial charge in [0, 0.05) is 24.7 Å². The van der Waals surface area contributed by atoms with Gasteiger partial charge in [-0.25, -0.2) is 4.79 Å². The minimum atomic E-state index is -0.967. The number of ether oxygens (including phenoxy) is 2. The number of hydrogen-bond donors (Lipinski definition) is 1. The molecular weight excluding hydrogens is 222 g/mol. The van der Waals surface area contributed by atoms with Crippen molar-refractivity contribution in [1.82, 2.24) is 4.57 Å². The molecule has 0 aliphatic carbocycles. The van der Waals surface area contributed by atoms with E-state index in [4.69, 9.17) is 14.6 Å². The maximum Gasteiger partial charge on any atom is 0.337 e. The first kappa shape index (κ1) is 11.3. The van der Waals surface area contributed by atoms with Gasteiger partial charge in [-0.2, -0.15) is 0 Å². The van der Waals surface area contributed by atoms with E-state index in [9.17, 15) is 4.79 Å². The van der Waals surface area contributed by atoms with E-state index in [2.05, 4.69) is 0 Å². The van der Waals surface area contributed by atoms with Crippen LogP contribution in [0.2, 0.25) is 0 Å². The fourth-order valence-corrected chi connectivity index (χ4v) is 1.92. The van der Waals surface area contributed by atoms with Crippen molar-refractivity contribution in [2.75, 3.05) is 14.2 Å². The van der Waals surface area contributed by atoms with Crippen LogP contribution in [0, 0.1) is 0 Å². The Balaban J connectivity index is 2.86. The van der Waals surface area contributed by atoms with Gasteiger partial charge in [-0.1, -0.05) is 0 Å². The average Bonchev–Trinajstić information content (AvgIpc) is 2.66. The summed E-state index contributed by atoms with van der Waals surface area (Å²) in [4.78, 5) is 11.1. The highest BCUT2D eigenvalue weighted by Gasteiger charge is 2.17. The molecule has 0 radical (unpaired) electrons. The molecular formula is C12H13NO4. The summed E-state index contributed by atoms with van der Waals surface area (Å²) in [6.07, 6.45) is 1.56. The maximum atomic E-state index is 11.1. The topological polar surface area (TPSA) is 60.7 Å². The largest absolute Gasteiger partial charge is 0.497 e. The van der Waals surface area contributed by atoms with E-state index in [-0.39, 0.29) is 5.56 Å². The number of carboxylic acids is 1. The Morgan fingerprint density at radius 1 is 1.29 bits per heavy atom. The first-order valence-electron chi connectivity index (χ1n) is 5.02. The smallest absolute Gasteiger partial charge is 0.337 e. The van der Waals surface area contributed by atoms with Crippen LogP contribution in [0.15, 0.2) is 18.3 Å². The lowest BCUT2D eigenvalue weighted by atomic mass is 10.1. The zero-order chi connectivity index (χ0) is 12.6. The van der Waals surface area contributed by atoms with Gasteiger partial charge in [-0.05, 0) is 6.07 Å².